The minimum atomic E-state index is -1.25. The molecule has 2 saturated heterocycles. The highest BCUT2D eigenvalue weighted by Crippen LogP contribution is 2.48. The second kappa shape index (κ2) is 13.7. The van der Waals surface area contributed by atoms with Gasteiger partial charge in [0.1, 0.15) is 34.6 Å². The van der Waals surface area contributed by atoms with E-state index in [4.69, 9.17) is 18.9 Å². The van der Waals surface area contributed by atoms with Gasteiger partial charge < -0.3 is 18.9 Å². The van der Waals surface area contributed by atoms with Crippen LogP contribution in [-0.2, 0) is 33.4 Å². The molecule has 0 saturated carbocycles. The minimum absolute atomic E-state index is 0.0143. The van der Waals surface area contributed by atoms with Crippen molar-refractivity contribution in [1.29, 1.82) is 0 Å². The number of ketones is 2. The third kappa shape index (κ3) is 7.34. The molecule has 2 heterocycles. The van der Waals surface area contributed by atoms with Crippen molar-refractivity contribution in [3.05, 3.63) is 30.3 Å². The Hall–Kier alpha value is -2.39. The third-order valence-electron chi connectivity index (χ3n) is 8.91. The minimum Gasteiger partial charge on any atom is -0.493 e. The number of hydrogen-bond donors (Lipinski definition) is 0. The molecule has 9 atom stereocenters. The molecule has 41 heavy (non-hydrogen) atoms. The van der Waals surface area contributed by atoms with Crippen LogP contribution >= 0.6 is 11.8 Å². The standard InChI is InChI=1S/C32H46O8S/c1-9-24-32(7)25(28(30(36)40-32)41-16-15-38-23-13-11-10-12-14-23)21(4)26(33)19(2)17-31(6,37-8)18-20(3)27(34)22(5)29(35)39-24/h10-14,19-22,24-25,28H,9,15-18H2,1-8H3. The lowest BCUT2D eigenvalue weighted by Gasteiger charge is -2.41. The lowest BCUT2D eigenvalue weighted by atomic mass is 9.70. The molecule has 0 aromatic heterocycles. The zero-order valence-electron chi connectivity index (χ0n) is 25.6. The molecule has 2 aliphatic rings. The summed E-state index contributed by atoms with van der Waals surface area (Å²) in [5.74, 6) is -3.10. The van der Waals surface area contributed by atoms with Crippen LogP contribution in [0.15, 0.2) is 30.3 Å². The van der Waals surface area contributed by atoms with Crippen LogP contribution < -0.4 is 4.74 Å². The molecular formula is C32H46O8S. The molecule has 8 nitrogen and oxygen atoms in total. The molecular weight excluding hydrogens is 544 g/mol. The van der Waals surface area contributed by atoms with Gasteiger partial charge in [0.15, 0.2) is 5.60 Å². The Morgan fingerprint density at radius 1 is 0.927 bits per heavy atom. The Labute approximate surface area is 248 Å². The number of thioether (sulfide) groups is 1. The summed E-state index contributed by atoms with van der Waals surface area (Å²) >= 11 is 1.40. The summed E-state index contributed by atoms with van der Waals surface area (Å²) in [6.07, 6.45) is 0.306. The van der Waals surface area contributed by atoms with Crippen molar-refractivity contribution in [2.75, 3.05) is 19.5 Å². The van der Waals surface area contributed by atoms with Gasteiger partial charge in [0, 0.05) is 36.5 Å². The molecule has 2 aliphatic heterocycles. The van der Waals surface area contributed by atoms with E-state index < -0.39 is 64.1 Å². The van der Waals surface area contributed by atoms with Crippen LogP contribution in [-0.4, -0.2) is 65.5 Å². The molecule has 9 heteroatoms. The lowest BCUT2D eigenvalue weighted by molar-refractivity contribution is -0.183. The number of para-hydroxylation sites is 1. The molecule has 0 aliphatic carbocycles. The molecule has 1 aromatic carbocycles. The molecule has 0 N–H and O–H groups in total. The summed E-state index contributed by atoms with van der Waals surface area (Å²) < 4.78 is 23.7. The number of esters is 2. The molecule has 3 rings (SSSR count). The first-order chi connectivity index (χ1) is 19.3. The van der Waals surface area contributed by atoms with E-state index in [1.54, 1.807) is 27.9 Å². The van der Waals surface area contributed by atoms with E-state index in [1.807, 2.05) is 58.0 Å². The van der Waals surface area contributed by atoms with Crippen LogP contribution in [0, 0.1) is 29.6 Å². The first kappa shape index (κ1) is 33.1. The second-order valence-corrected chi connectivity index (χ2v) is 13.3. The summed E-state index contributed by atoms with van der Waals surface area (Å²) in [4.78, 5) is 54.0. The topological polar surface area (TPSA) is 105 Å². The van der Waals surface area contributed by atoms with Crippen molar-refractivity contribution in [2.45, 2.75) is 90.3 Å². The van der Waals surface area contributed by atoms with Gasteiger partial charge in [0.05, 0.1) is 12.2 Å². The van der Waals surface area contributed by atoms with Crippen molar-refractivity contribution in [3.63, 3.8) is 0 Å². The highest BCUT2D eigenvalue weighted by Gasteiger charge is 2.61. The van der Waals surface area contributed by atoms with Gasteiger partial charge in [-0.1, -0.05) is 45.9 Å². The second-order valence-electron chi connectivity index (χ2n) is 12.1. The Bertz CT molecular complexity index is 1090. The van der Waals surface area contributed by atoms with E-state index in [2.05, 4.69) is 0 Å². The van der Waals surface area contributed by atoms with Gasteiger partial charge in [0.2, 0.25) is 0 Å². The Morgan fingerprint density at radius 3 is 2.12 bits per heavy atom. The van der Waals surface area contributed by atoms with Crippen molar-refractivity contribution in [1.82, 2.24) is 0 Å². The first-order valence-electron chi connectivity index (χ1n) is 14.6. The quantitative estimate of drug-likeness (QED) is 0.238. The van der Waals surface area contributed by atoms with Crippen LogP contribution in [0.4, 0.5) is 0 Å². The lowest BCUT2D eigenvalue weighted by Crippen LogP contribution is -2.53. The number of benzene rings is 1. The fraction of sp³-hybridized carbons (Fsp3) is 0.688. The van der Waals surface area contributed by atoms with E-state index >= 15 is 0 Å². The molecule has 0 radical (unpaired) electrons. The van der Waals surface area contributed by atoms with E-state index in [0.29, 0.717) is 31.6 Å². The zero-order chi connectivity index (χ0) is 30.5. The number of carbonyl (C=O) groups is 4. The largest absolute Gasteiger partial charge is 0.493 e. The Balaban J connectivity index is 1.96. The molecule has 0 amide bonds. The van der Waals surface area contributed by atoms with Gasteiger partial charge in [-0.3, -0.25) is 19.2 Å². The number of hydrogen-bond acceptors (Lipinski definition) is 9. The van der Waals surface area contributed by atoms with Crippen molar-refractivity contribution in [3.8, 4) is 5.75 Å². The molecule has 9 unspecified atom stereocenters. The zero-order valence-corrected chi connectivity index (χ0v) is 26.5. The average Bonchev–Trinajstić information content (AvgIpc) is 3.21. The number of carbonyl (C=O) groups excluding carboxylic acids is 4. The summed E-state index contributed by atoms with van der Waals surface area (Å²) in [5, 5.41) is -0.654. The molecule has 2 fully saturated rings. The highest BCUT2D eigenvalue weighted by atomic mass is 32.2. The molecule has 0 spiro atoms. The maximum atomic E-state index is 14.0. The van der Waals surface area contributed by atoms with Gasteiger partial charge in [-0.15, -0.1) is 11.8 Å². The predicted molar refractivity (Wildman–Crippen MR) is 158 cm³/mol. The van der Waals surface area contributed by atoms with E-state index in [1.165, 1.54) is 11.8 Å². The normalized spacial score (nSPS) is 37.1. The van der Waals surface area contributed by atoms with Crippen molar-refractivity contribution in [2.24, 2.45) is 29.6 Å². The number of rotatable bonds is 7. The molecule has 228 valence electrons. The van der Waals surface area contributed by atoms with Crippen LogP contribution in [0.5, 0.6) is 5.75 Å². The smallest absolute Gasteiger partial charge is 0.320 e. The third-order valence-corrected chi connectivity index (χ3v) is 10.2. The first-order valence-corrected chi connectivity index (χ1v) is 15.7. The number of fused-ring (bicyclic) bond motifs is 1. The van der Waals surface area contributed by atoms with Crippen LogP contribution in [0.1, 0.15) is 67.7 Å². The fourth-order valence-electron chi connectivity index (χ4n) is 6.62. The molecule has 0 bridgehead atoms. The number of cyclic esters (lactones) is 1. The predicted octanol–water partition coefficient (Wildman–Crippen LogP) is 5.30. The van der Waals surface area contributed by atoms with Crippen LogP contribution in [0.2, 0.25) is 0 Å². The van der Waals surface area contributed by atoms with E-state index in [9.17, 15) is 19.2 Å². The Morgan fingerprint density at radius 2 is 1.54 bits per heavy atom. The van der Waals surface area contributed by atoms with Gasteiger partial charge in [0.25, 0.3) is 0 Å². The molecule has 1 aromatic rings. The fourth-order valence-corrected chi connectivity index (χ4v) is 7.95. The van der Waals surface area contributed by atoms with Crippen LogP contribution in [0.25, 0.3) is 0 Å². The maximum absolute atomic E-state index is 14.0. The number of methoxy groups -OCH3 is 1. The summed E-state index contributed by atoms with van der Waals surface area (Å²) in [6.45, 7) is 12.9. The highest BCUT2D eigenvalue weighted by molar-refractivity contribution is 8.00. The van der Waals surface area contributed by atoms with E-state index in [0.717, 1.165) is 5.75 Å². The van der Waals surface area contributed by atoms with Crippen molar-refractivity contribution < 1.29 is 38.1 Å². The van der Waals surface area contributed by atoms with E-state index in [-0.39, 0.29) is 11.6 Å². The number of Topliss-reactive ketones (excluding diaryl/α,β-unsaturated/α-hetero) is 2. The summed E-state index contributed by atoms with van der Waals surface area (Å²) in [6, 6.07) is 9.42. The van der Waals surface area contributed by atoms with Crippen molar-refractivity contribution >= 4 is 35.3 Å². The van der Waals surface area contributed by atoms with Crippen LogP contribution in [0.3, 0.4) is 0 Å². The SMILES string of the molecule is CCC1OC(=O)C(C)C(=O)C(C)CC(C)(OC)CC(C)C(=O)C(C)C2C(SCCOc3ccccc3)C(=O)OC12C. The van der Waals surface area contributed by atoms with Gasteiger partial charge in [-0.2, -0.15) is 0 Å². The average molecular weight is 591 g/mol. The van der Waals surface area contributed by atoms with Gasteiger partial charge in [-0.25, -0.2) is 0 Å². The summed E-state index contributed by atoms with van der Waals surface area (Å²) in [5.41, 5.74) is -2.00. The number of ether oxygens (including phenoxy) is 4. The Kier molecular flexibility index (Phi) is 11.1. The summed E-state index contributed by atoms with van der Waals surface area (Å²) in [7, 11) is 1.58. The monoisotopic (exact) mass is 590 g/mol. The van der Waals surface area contributed by atoms with Gasteiger partial charge in [-0.05, 0) is 52.2 Å². The maximum Gasteiger partial charge on any atom is 0.320 e. The van der Waals surface area contributed by atoms with Gasteiger partial charge >= 0.3 is 11.9 Å².